The van der Waals surface area contributed by atoms with Crippen molar-refractivity contribution in [3.05, 3.63) is 59.2 Å². The van der Waals surface area contributed by atoms with Crippen LogP contribution in [-0.4, -0.2) is 10.9 Å². The summed E-state index contributed by atoms with van der Waals surface area (Å²) in [6, 6.07) is 14.5. The minimum Gasteiger partial charge on any atom is -0.506 e. The minimum atomic E-state index is 0.206. The van der Waals surface area contributed by atoms with Gasteiger partial charge in [0.25, 0.3) is 0 Å². The molecule has 0 fully saturated rings. The predicted octanol–water partition coefficient (Wildman–Crippen LogP) is 4.96. The number of phenols is 1. The van der Waals surface area contributed by atoms with Gasteiger partial charge in [-0.05, 0) is 29.9 Å². The number of aryl methyl sites for hydroxylation is 1. The zero-order chi connectivity index (χ0) is 13.8. The van der Waals surface area contributed by atoms with E-state index in [9.17, 15) is 5.11 Å². The van der Waals surface area contributed by atoms with Gasteiger partial charge in [-0.25, -0.2) is 0 Å². The lowest BCUT2D eigenvalue weighted by atomic mass is 9.91. The summed E-state index contributed by atoms with van der Waals surface area (Å²) < 4.78 is 0. The quantitative estimate of drug-likeness (QED) is 0.793. The molecule has 0 saturated carbocycles. The Morgan fingerprint density at radius 2 is 1.84 bits per heavy atom. The first-order valence-corrected chi connectivity index (χ1v) is 7.63. The van der Waals surface area contributed by atoms with Crippen molar-refractivity contribution in [1.29, 1.82) is 0 Å². The average molecular weight is 272 g/mol. The Hall–Kier alpha value is -1.41. The van der Waals surface area contributed by atoms with Crippen LogP contribution in [0, 0.1) is 6.92 Å². The lowest BCUT2D eigenvalue weighted by Crippen LogP contribution is -1.98. The average Bonchev–Trinajstić information content (AvgIpc) is 2.43. The van der Waals surface area contributed by atoms with E-state index in [1.807, 2.05) is 18.2 Å². The number of hydrogen-bond acceptors (Lipinski definition) is 2. The summed E-state index contributed by atoms with van der Waals surface area (Å²) >= 11 is 1.69. The van der Waals surface area contributed by atoms with Crippen molar-refractivity contribution in [2.75, 3.05) is 5.75 Å². The zero-order valence-electron chi connectivity index (χ0n) is 11.7. The molecule has 2 heteroatoms. The second-order valence-electron chi connectivity index (χ2n) is 4.77. The van der Waals surface area contributed by atoms with Crippen LogP contribution in [-0.2, 0) is 0 Å². The smallest absolute Gasteiger partial charge is 0.132 e. The first-order chi connectivity index (χ1) is 9.13. The van der Waals surface area contributed by atoms with Crippen molar-refractivity contribution in [2.24, 2.45) is 0 Å². The molecule has 1 N–H and O–H groups in total. The largest absolute Gasteiger partial charge is 0.506 e. The Labute approximate surface area is 119 Å². The maximum absolute atomic E-state index is 10.5. The van der Waals surface area contributed by atoms with E-state index in [2.05, 4.69) is 45.0 Å². The highest BCUT2D eigenvalue weighted by molar-refractivity contribution is 7.99. The summed E-state index contributed by atoms with van der Waals surface area (Å²) in [7, 11) is 0. The van der Waals surface area contributed by atoms with Gasteiger partial charge in [0.05, 0.1) is 0 Å². The van der Waals surface area contributed by atoms with Gasteiger partial charge >= 0.3 is 0 Å². The molecule has 0 aromatic heterocycles. The van der Waals surface area contributed by atoms with Crippen molar-refractivity contribution >= 4 is 11.8 Å². The summed E-state index contributed by atoms with van der Waals surface area (Å²) in [5, 5.41) is 10.5. The standard InChI is InChI=1S/C17H20OS/c1-4-19-16-11-12(2)10-15(17(16)18)13(3)14-8-6-5-7-9-14/h5-11,13,18H,4H2,1-3H3. The number of hydrogen-bond donors (Lipinski definition) is 1. The van der Waals surface area contributed by atoms with E-state index >= 15 is 0 Å². The molecular weight excluding hydrogens is 252 g/mol. The summed E-state index contributed by atoms with van der Waals surface area (Å²) in [5.74, 6) is 1.61. The van der Waals surface area contributed by atoms with Crippen LogP contribution in [0.25, 0.3) is 0 Å². The molecule has 1 atom stereocenters. The zero-order valence-corrected chi connectivity index (χ0v) is 12.5. The Kier molecular flexibility index (Phi) is 4.54. The van der Waals surface area contributed by atoms with Crippen LogP contribution in [0.2, 0.25) is 0 Å². The molecule has 2 aromatic carbocycles. The van der Waals surface area contributed by atoms with E-state index in [0.29, 0.717) is 5.75 Å². The predicted molar refractivity (Wildman–Crippen MR) is 83.2 cm³/mol. The van der Waals surface area contributed by atoms with Gasteiger partial charge in [-0.2, -0.15) is 0 Å². The highest BCUT2D eigenvalue weighted by Crippen LogP contribution is 2.38. The fourth-order valence-electron chi connectivity index (χ4n) is 2.29. The molecule has 19 heavy (non-hydrogen) atoms. The van der Waals surface area contributed by atoms with Gasteiger partial charge in [0.1, 0.15) is 5.75 Å². The van der Waals surface area contributed by atoms with E-state index < -0.39 is 0 Å². The van der Waals surface area contributed by atoms with Gasteiger partial charge in [-0.3, -0.25) is 0 Å². The van der Waals surface area contributed by atoms with E-state index in [0.717, 1.165) is 16.2 Å². The molecule has 0 bridgehead atoms. The Morgan fingerprint density at radius 3 is 2.47 bits per heavy atom. The van der Waals surface area contributed by atoms with Gasteiger partial charge in [-0.15, -0.1) is 11.8 Å². The normalized spacial score (nSPS) is 12.4. The van der Waals surface area contributed by atoms with Crippen LogP contribution < -0.4 is 0 Å². The van der Waals surface area contributed by atoms with E-state index in [1.54, 1.807) is 11.8 Å². The van der Waals surface area contributed by atoms with Crippen LogP contribution in [0.3, 0.4) is 0 Å². The second-order valence-corrected chi connectivity index (χ2v) is 6.07. The third kappa shape index (κ3) is 3.13. The lowest BCUT2D eigenvalue weighted by molar-refractivity contribution is 0.453. The van der Waals surface area contributed by atoms with E-state index in [-0.39, 0.29) is 5.92 Å². The molecule has 0 aliphatic heterocycles. The van der Waals surface area contributed by atoms with E-state index in [4.69, 9.17) is 0 Å². The van der Waals surface area contributed by atoms with Gasteiger partial charge in [-0.1, -0.05) is 50.2 Å². The number of rotatable bonds is 4. The number of phenolic OH excluding ortho intramolecular Hbond substituents is 1. The molecule has 0 radical (unpaired) electrons. The van der Waals surface area contributed by atoms with Crippen LogP contribution in [0.5, 0.6) is 5.75 Å². The third-order valence-electron chi connectivity index (χ3n) is 3.31. The van der Waals surface area contributed by atoms with Crippen LogP contribution in [0.15, 0.2) is 47.4 Å². The summed E-state index contributed by atoms with van der Waals surface area (Å²) in [6.45, 7) is 6.33. The van der Waals surface area contributed by atoms with E-state index in [1.165, 1.54) is 11.1 Å². The maximum atomic E-state index is 10.5. The fourth-order valence-corrected chi connectivity index (χ4v) is 3.12. The molecule has 2 rings (SSSR count). The third-order valence-corrected chi connectivity index (χ3v) is 4.23. The monoisotopic (exact) mass is 272 g/mol. The highest BCUT2D eigenvalue weighted by atomic mass is 32.2. The number of thioether (sulfide) groups is 1. The van der Waals surface area contributed by atoms with Crippen molar-refractivity contribution in [3.63, 3.8) is 0 Å². The first kappa shape index (κ1) is 14.0. The second kappa shape index (κ2) is 6.16. The molecule has 0 aliphatic carbocycles. The number of aromatic hydroxyl groups is 1. The van der Waals surface area contributed by atoms with Crippen LogP contribution in [0.4, 0.5) is 0 Å². The van der Waals surface area contributed by atoms with Crippen molar-refractivity contribution in [1.82, 2.24) is 0 Å². The Balaban J connectivity index is 2.44. The molecule has 1 unspecified atom stereocenters. The minimum absolute atomic E-state index is 0.206. The van der Waals surface area contributed by atoms with Crippen LogP contribution >= 0.6 is 11.8 Å². The molecular formula is C17H20OS. The molecule has 0 aliphatic rings. The fraction of sp³-hybridized carbons (Fsp3) is 0.294. The molecule has 0 saturated heterocycles. The van der Waals surface area contributed by atoms with Crippen molar-refractivity contribution < 1.29 is 5.11 Å². The summed E-state index contributed by atoms with van der Waals surface area (Å²) in [5.41, 5.74) is 3.45. The van der Waals surface area contributed by atoms with Gasteiger partial charge < -0.3 is 5.11 Å². The van der Waals surface area contributed by atoms with Crippen molar-refractivity contribution in [2.45, 2.75) is 31.6 Å². The molecule has 1 nitrogen and oxygen atoms in total. The summed E-state index contributed by atoms with van der Waals surface area (Å²) in [4.78, 5) is 0.986. The van der Waals surface area contributed by atoms with Gasteiger partial charge in [0.15, 0.2) is 0 Å². The maximum Gasteiger partial charge on any atom is 0.132 e. The van der Waals surface area contributed by atoms with Crippen LogP contribution in [0.1, 0.15) is 36.5 Å². The Bertz CT molecular complexity index is 549. The number of benzene rings is 2. The first-order valence-electron chi connectivity index (χ1n) is 6.64. The molecule has 100 valence electrons. The summed E-state index contributed by atoms with van der Waals surface area (Å²) in [6.07, 6.45) is 0. The molecule has 0 heterocycles. The SMILES string of the molecule is CCSc1cc(C)cc(C(C)c2ccccc2)c1O. The molecule has 2 aromatic rings. The molecule has 0 amide bonds. The highest BCUT2D eigenvalue weighted by Gasteiger charge is 2.16. The molecule has 0 spiro atoms. The van der Waals surface area contributed by atoms with Gasteiger partial charge in [0.2, 0.25) is 0 Å². The topological polar surface area (TPSA) is 20.2 Å². The Morgan fingerprint density at radius 1 is 1.16 bits per heavy atom. The lowest BCUT2D eigenvalue weighted by Gasteiger charge is -2.17. The van der Waals surface area contributed by atoms with Crippen molar-refractivity contribution in [3.8, 4) is 5.75 Å². The van der Waals surface area contributed by atoms with Gasteiger partial charge in [0, 0.05) is 16.4 Å².